The Balaban J connectivity index is 0.00000288. The number of anilines is 1. The Hall–Kier alpha value is -0.700. The predicted octanol–water partition coefficient (Wildman–Crippen LogP) is 3.28. The van der Waals surface area contributed by atoms with E-state index in [2.05, 4.69) is 26.4 Å². The van der Waals surface area contributed by atoms with Crippen molar-refractivity contribution in [2.45, 2.75) is 12.8 Å². The average Bonchev–Trinajstić information content (AvgIpc) is 2.59. The van der Waals surface area contributed by atoms with Crippen LogP contribution in [0.3, 0.4) is 0 Å². The summed E-state index contributed by atoms with van der Waals surface area (Å²) in [7, 11) is 1.83. The number of rotatable bonds is 6. The van der Waals surface area contributed by atoms with Crippen LogP contribution in [-0.2, 0) is 0 Å². The number of halogens is 2. The van der Waals surface area contributed by atoms with E-state index in [1.165, 1.54) is 18.2 Å². The molecule has 1 N–H and O–H groups in total. The minimum Gasteiger partial charge on any atom is -0.366 e. The lowest BCUT2D eigenvalue weighted by Crippen LogP contribution is -2.52. The van der Waals surface area contributed by atoms with Gasteiger partial charge in [-0.25, -0.2) is 4.39 Å². The molecule has 0 unspecified atom stereocenters. The first-order valence-electron chi connectivity index (χ1n) is 8.20. The largest absolute Gasteiger partial charge is 0.366 e. The molecule has 1 saturated heterocycles. The second-order valence-electron chi connectivity index (χ2n) is 5.60. The van der Waals surface area contributed by atoms with Crippen LogP contribution in [0.1, 0.15) is 12.8 Å². The quantitative estimate of drug-likeness (QED) is 0.302. The van der Waals surface area contributed by atoms with Gasteiger partial charge in [-0.15, -0.1) is 24.0 Å². The van der Waals surface area contributed by atoms with E-state index < -0.39 is 0 Å². The third kappa shape index (κ3) is 6.31. The van der Waals surface area contributed by atoms with E-state index in [0.29, 0.717) is 5.69 Å². The fourth-order valence-electron chi connectivity index (χ4n) is 2.77. The van der Waals surface area contributed by atoms with Crippen molar-refractivity contribution in [3.8, 4) is 0 Å². The van der Waals surface area contributed by atoms with Crippen molar-refractivity contribution in [1.82, 2.24) is 10.2 Å². The van der Waals surface area contributed by atoms with Crippen LogP contribution in [0.5, 0.6) is 0 Å². The predicted molar refractivity (Wildman–Crippen MR) is 115 cm³/mol. The molecule has 2 rings (SSSR count). The highest BCUT2D eigenvalue weighted by Gasteiger charge is 2.21. The van der Waals surface area contributed by atoms with Crippen LogP contribution in [0.25, 0.3) is 0 Å². The number of nitrogens with one attached hydrogen (secondary N) is 1. The van der Waals surface area contributed by atoms with Gasteiger partial charge < -0.3 is 15.1 Å². The summed E-state index contributed by atoms with van der Waals surface area (Å²) in [5.74, 6) is 2.03. The topological polar surface area (TPSA) is 30.9 Å². The lowest BCUT2D eigenvalue weighted by molar-refractivity contribution is 0.370. The molecule has 0 saturated carbocycles. The lowest BCUT2D eigenvalue weighted by Gasteiger charge is -2.37. The van der Waals surface area contributed by atoms with Crippen molar-refractivity contribution in [2.75, 3.05) is 56.7 Å². The Morgan fingerprint density at radius 1 is 1.21 bits per heavy atom. The molecule has 0 atom stereocenters. The van der Waals surface area contributed by atoms with E-state index in [4.69, 9.17) is 0 Å². The van der Waals surface area contributed by atoms with Crippen LogP contribution >= 0.6 is 35.7 Å². The normalized spacial score (nSPS) is 15.2. The fourth-order valence-corrected chi connectivity index (χ4v) is 3.26. The van der Waals surface area contributed by atoms with Crippen molar-refractivity contribution in [3.05, 3.63) is 30.1 Å². The third-order valence-corrected chi connectivity index (χ3v) is 4.74. The van der Waals surface area contributed by atoms with Crippen LogP contribution in [0.15, 0.2) is 29.3 Å². The Labute approximate surface area is 166 Å². The molecule has 1 heterocycles. The van der Waals surface area contributed by atoms with Gasteiger partial charge in [0.1, 0.15) is 5.82 Å². The molecule has 0 amide bonds. The molecule has 1 aromatic carbocycles. The van der Waals surface area contributed by atoms with Gasteiger partial charge in [0.25, 0.3) is 0 Å². The lowest BCUT2D eigenvalue weighted by atomic mass is 10.2. The summed E-state index contributed by atoms with van der Waals surface area (Å²) in [4.78, 5) is 8.74. The van der Waals surface area contributed by atoms with Crippen LogP contribution in [-0.4, -0.2) is 62.6 Å². The zero-order valence-electron chi connectivity index (χ0n) is 14.5. The minimum absolute atomic E-state index is 0. The van der Waals surface area contributed by atoms with E-state index in [-0.39, 0.29) is 29.8 Å². The number of guanidine groups is 1. The van der Waals surface area contributed by atoms with Crippen molar-refractivity contribution in [1.29, 1.82) is 0 Å². The summed E-state index contributed by atoms with van der Waals surface area (Å²) in [6.45, 7) is 4.31. The minimum atomic E-state index is -0.141. The average molecular weight is 466 g/mol. The van der Waals surface area contributed by atoms with Crippen molar-refractivity contribution < 1.29 is 4.39 Å². The zero-order valence-corrected chi connectivity index (χ0v) is 17.6. The first kappa shape index (κ1) is 21.3. The van der Waals surface area contributed by atoms with Crippen molar-refractivity contribution >= 4 is 47.4 Å². The van der Waals surface area contributed by atoms with E-state index in [1.54, 1.807) is 6.07 Å². The first-order chi connectivity index (χ1) is 11.3. The molecule has 1 aliphatic heterocycles. The number of thioether (sulfide) groups is 1. The Morgan fingerprint density at radius 2 is 1.92 bits per heavy atom. The summed E-state index contributed by atoms with van der Waals surface area (Å²) in [6.07, 6.45) is 4.53. The molecule has 0 bridgehead atoms. The molecule has 1 aromatic rings. The Morgan fingerprint density at radius 3 is 2.54 bits per heavy atom. The molecule has 24 heavy (non-hydrogen) atoms. The molecule has 0 aromatic heterocycles. The van der Waals surface area contributed by atoms with Crippen LogP contribution < -0.4 is 10.2 Å². The zero-order chi connectivity index (χ0) is 16.5. The number of unbranched alkanes of at least 4 members (excludes halogenated alkanes) is 1. The highest BCUT2D eigenvalue weighted by Crippen LogP contribution is 2.20. The monoisotopic (exact) mass is 466 g/mol. The number of nitrogens with zero attached hydrogens (tertiary/aromatic N) is 3. The summed E-state index contributed by atoms with van der Waals surface area (Å²) in [5.41, 5.74) is 0.701. The molecular weight excluding hydrogens is 438 g/mol. The van der Waals surface area contributed by atoms with E-state index in [9.17, 15) is 4.39 Å². The molecule has 0 spiro atoms. The molecule has 1 aliphatic rings. The maximum absolute atomic E-state index is 13.9. The van der Waals surface area contributed by atoms with Crippen LogP contribution in [0.2, 0.25) is 0 Å². The van der Waals surface area contributed by atoms with E-state index in [0.717, 1.165) is 45.1 Å². The third-order valence-electron chi connectivity index (χ3n) is 4.04. The second kappa shape index (κ2) is 11.8. The first-order valence-corrected chi connectivity index (χ1v) is 9.59. The fraction of sp³-hybridized carbons (Fsp3) is 0.588. The maximum Gasteiger partial charge on any atom is 0.193 e. The van der Waals surface area contributed by atoms with E-state index >= 15 is 0 Å². The number of para-hydroxylation sites is 1. The standard InChI is InChI=1S/C17H27FN4S.HI/c1-19-17(20-9-5-6-14-23-2)22-12-10-21(11-13-22)16-8-4-3-7-15(16)18;/h3-4,7-8H,5-6,9-14H2,1-2H3,(H,19,20);1H. The molecule has 7 heteroatoms. The van der Waals surface area contributed by atoms with Gasteiger partial charge in [-0.1, -0.05) is 12.1 Å². The van der Waals surface area contributed by atoms with Gasteiger partial charge >= 0.3 is 0 Å². The van der Waals surface area contributed by atoms with Crippen LogP contribution in [0, 0.1) is 5.82 Å². The smallest absolute Gasteiger partial charge is 0.193 e. The number of aliphatic imine (C=N–C) groups is 1. The highest BCUT2D eigenvalue weighted by atomic mass is 127. The molecule has 0 radical (unpaired) electrons. The van der Waals surface area contributed by atoms with Gasteiger partial charge in [-0.2, -0.15) is 11.8 Å². The highest BCUT2D eigenvalue weighted by molar-refractivity contribution is 14.0. The van der Waals surface area contributed by atoms with Crippen LogP contribution in [0.4, 0.5) is 10.1 Å². The van der Waals surface area contributed by atoms with Gasteiger partial charge in [0, 0.05) is 39.8 Å². The van der Waals surface area contributed by atoms with Gasteiger partial charge in [-0.05, 0) is 37.0 Å². The number of benzene rings is 1. The molecule has 136 valence electrons. The van der Waals surface area contributed by atoms with Gasteiger partial charge in [-0.3, -0.25) is 4.99 Å². The maximum atomic E-state index is 13.9. The second-order valence-corrected chi connectivity index (χ2v) is 6.59. The SMILES string of the molecule is CN=C(NCCCCSC)N1CCN(c2ccccc2F)CC1.I. The van der Waals surface area contributed by atoms with Crippen molar-refractivity contribution in [3.63, 3.8) is 0 Å². The summed E-state index contributed by atoms with van der Waals surface area (Å²) in [6, 6.07) is 7.00. The van der Waals surface area contributed by atoms with Crippen molar-refractivity contribution in [2.24, 2.45) is 4.99 Å². The number of hydrogen-bond donors (Lipinski definition) is 1. The molecule has 1 fully saturated rings. The summed E-state index contributed by atoms with van der Waals surface area (Å²) < 4.78 is 13.9. The Kier molecular flexibility index (Phi) is 10.5. The van der Waals surface area contributed by atoms with E-state index in [1.807, 2.05) is 30.9 Å². The molecular formula is C17H28FIN4S. The number of piperazine rings is 1. The van der Waals surface area contributed by atoms with Gasteiger partial charge in [0.2, 0.25) is 0 Å². The molecule has 4 nitrogen and oxygen atoms in total. The molecule has 0 aliphatic carbocycles. The Bertz CT molecular complexity index is 507. The van der Waals surface area contributed by atoms with Gasteiger partial charge in [0.15, 0.2) is 5.96 Å². The summed E-state index contributed by atoms with van der Waals surface area (Å²) in [5, 5.41) is 3.44. The van der Waals surface area contributed by atoms with Gasteiger partial charge in [0.05, 0.1) is 5.69 Å². The number of hydrogen-bond acceptors (Lipinski definition) is 3. The summed E-state index contributed by atoms with van der Waals surface area (Å²) >= 11 is 1.89.